The fourth-order valence-corrected chi connectivity index (χ4v) is 2.69. The van der Waals surface area contributed by atoms with E-state index in [-0.39, 0.29) is 12.0 Å². The zero-order valence-electron chi connectivity index (χ0n) is 12.7. The molecule has 0 spiro atoms. The van der Waals surface area contributed by atoms with Gasteiger partial charge < -0.3 is 10.1 Å². The number of amides is 1. The van der Waals surface area contributed by atoms with Crippen molar-refractivity contribution in [3.8, 4) is 5.82 Å². The number of rotatable bonds is 5. The van der Waals surface area contributed by atoms with Crippen LogP contribution in [0.3, 0.4) is 0 Å². The molecule has 1 aliphatic rings. The highest BCUT2D eigenvalue weighted by Crippen LogP contribution is 2.15. The minimum Gasteiger partial charge on any atom is -0.376 e. The number of hydrogen-bond donors (Lipinski definition) is 1. The second kappa shape index (κ2) is 6.70. The van der Waals surface area contributed by atoms with Crippen molar-refractivity contribution in [2.75, 3.05) is 13.2 Å². The van der Waals surface area contributed by atoms with E-state index in [9.17, 15) is 4.79 Å². The Morgan fingerprint density at radius 2 is 2.41 bits per heavy atom. The van der Waals surface area contributed by atoms with E-state index >= 15 is 0 Å². The average molecular weight is 300 g/mol. The normalized spacial score (nSPS) is 17.6. The zero-order chi connectivity index (χ0) is 15.4. The lowest BCUT2D eigenvalue weighted by Gasteiger charge is -2.11. The Morgan fingerprint density at radius 1 is 1.50 bits per heavy atom. The van der Waals surface area contributed by atoms with E-state index in [4.69, 9.17) is 4.74 Å². The minimum absolute atomic E-state index is 0.102. The lowest BCUT2D eigenvalue weighted by atomic mass is 10.2. The molecule has 0 radical (unpaired) electrons. The molecule has 3 rings (SSSR count). The third-order valence-corrected chi connectivity index (χ3v) is 3.83. The maximum absolute atomic E-state index is 12.4. The lowest BCUT2D eigenvalue weighted by molar-refractivity contribution is 0.0857. The molecule has 2 aromatic heterocycles. The summed E-state index contributed by atoms with van der Waals surface area (Å²) in [6.07, 6.45) is 6.25. The van der Waals surface area contributed by atoms with Gasteiger partial charge in [0.1, 0.15) is 0 Å². The van der Waals surface area contributed by atoms with Crippen LogP contribution in [-0.4, -0.2) is 39.9 Å². The van der Waals surface area contributed by atoms with Crippen molar-refractivity contribution < 1.29 is 9.53 Å². The Bertz CT molecular complexity index is 633. The summed E-state index contributed by atoms with van der Waals surface area (Å²) in [5.74, 6) is 0.618. The van der Waals surface area contributed by atoms with E-state index in [0.29, 0.717) is 18.5 Å². The Labute approximate surface area is 129 Å². The van der Waals surface area contributed by atoms with Gasteiger partial charge in [-0.15, -0.1) is 0 Å². The first-order chi connectivity index (χ1) is 10.8. The van der Waals surface area contributed by atoms with Gasteiger partial charge in [0.05, 0.1) is 23.6 Å². The highest BCUT2D eigenvalue weighted by Gasteiger charge is 2.20. The molecular formula is C16H20N4O2. The number of ether oxygens (including phenoxy) is 1. The highest BCUT2D eigenvalue weighted by atomic mass is 16.5. The van der Waals surface area contributed by atoms with Crippen LogP contribution in [0.25, 0.3) is 5.82 Å². The molecule has 1 aliphatic heterocycles. The summed E-state index contributed by atoms with van der Waals surface area (Å²) in [5, 5.41) is 7.26. The lowest BCUT2D eigenvalue weighted by Crippen LogP contribution is -2.32. The molecule has 0 bridgehead atoms. The van der Waals surface area contributed by atoms with Crippen molar-refractivity contribution in [2.45, 2.75) is 32.3 Å². The minimum atomic E-state index is -0.102. The topological polar surface area (TPSA) is 69.0 Å². The van der Waals surface area contributed by atoms with Crippen LogP contribution in [0.5, 0.6) is 0 Å². The van der Waals surface area contributed by atoms with Crippen LogP contribution in [-0.2, 0) is 11.2 Å². The highest BCUT2D eigenvalue weighted by molar-refractivity contribution is 5.95. The predicted molar refractivity (Wildman–Crippen MR) is 82.0 cm³/mol. The van der Waals surface area contributed by atoms with Crippen LogP contribution >= 0.6 is 0 Å². The fraction of sp³-hybridized carbons (Fsp3) is 0.438. The molecule has 1 atom stereocenters. The van der Waals surface area contributed by atoms with Crippen molar-refractivity contribution in [3.63, 3.8) is 0 Å². The van der Waals surface area contributed by atoms with Crippen molar-refractivity contribution in [2.24, 2.45) is 0 Å². The van der Waals surface area contributed by atoms with Gasteiger partial charge in [-0.2, -0.15) is 5.10 Å². The van der Waals surface area contributed by atoms with Crippen LogP contribution in [0.2, 0.25) is 0 Å². The molecule has 22 heavy (non-hydrogen) atoms. The molecule has 1 N–H and O–H groups in total. The van der Waals surface area contributed by atoms with Crippen LogP contribution in [0, 0.1) is 0 Å². The van der Waals surface area contributed by atoms with Gasteiger partial charge in [-0.3, -0.25) is 4.79 Å². The van der Waals surface area contributed by atoms with Gasteiger partial charge in [-0.05, 0) is 31.4 Å². The SMILES string of the molecule is CCc1c(C(=O)NCC2CCCO2)cnn1-c1ccccn1. The van der Waals surface area contributed by atoms with Gasteiger partial charge in [0, 0.05) is 19.3 Å². The van der Waals surface area contributed by atoms with Crippen LogP contribution < -0.4 is 5.32 Å². The maximum atomic E-state index is 12.4. The molecule has 0 aromatic carbocycles. The summed E-state index contributed by atoms with van der Waals surface area (Å²) in [6, 6.07) is 5.63. The average Bonchev–Trinajstić information content (AvgIpc) is 3.22. The van der Waals surface area contributed by atoms with E-state index in [1.54, 1.807) is 17.1 Å². The molecule has 0 saturated carbocycles. The van der Waals surface area contributed by atoms with E-state index in [2.05, 4.69) is 15.4 Å². The second-order valence-corrected chi connectivity index (χ2v) is 5.30. The van der Waals surface area contributed by atoms with Gasteiger partial charge in [0.25, 0.3) is 5.91 Å². The number of hydrogen-bond acceptors (Lipinski definition) is 4. The van der Waals surface area contributed by atoms with Gasteiger partial charge in [-0.25, -0.2) is 9.67 Å². The van der Waals surface area contributed by atoms with E-state index < -0.39 is 0 Å². The smallest absolute Gasteiger partial charge is 0.254 e. The van der Waals surface area contributed by atoms with Crippen molar-refractivity contribution in [1.29, 1.82) is 0 Å². The largest absolute Gasteiger partial charge is 0.376 e. The number of carbonyl (C=O) groups excluding carboxylic acids is 1. The first kappa shape index (κ1) is 14.7. The molecule has 1 saturated heterocycles. The van der Waals surface area contributed by atoms with Crippen LogP contribution in [0.4, 0.5) is 0 Å². The Hall–Kier alpha value is -2.21. The molecule has 0 aliphatic carbocycles. The number of aromatic nitrogens is 3. The van der Waals surface area contributed by atoms with Crippen molar-refractivity contribution >= 4 is 5.91 Å². The summed E-state index contributed by atoms with van der Waals surface area (Å²) in [7, 11) is 0. The zero-order valence-corrected chi connectivity index (χ0v) is 12.7. The van der Waals surface area contributed by atoms with Gasteiger partial charge in [-0.1, -0.05) is 13.0 Å². The first-order valence-electron chi connectivity index (χ1n) is 7.67. The Morgan fingerprint density at radius 3 is 3.09 bits per heavy atom. The molecule has 1 amide bonds. The molecule has 2 aromatic rings. The first-order valence-corrected chi connectivity index (χ1v) is 7.67. The number of pyridine rings is 1. The molecular weight excluding hydrogens is 280 g/mol. The molecule has 6 nitrogen and oxygen atoms in total. The Kier molecular flexibility index (Phi) is 4.48. The van der Waals surface area contributed by atoms with Gasteiger partial charge >= 0.3 is 0 Å². The monoisotopic (exact) mass is 300 g/mol. The summed E-state index contributed by atoms with van der Waals surface area (Å²) >= 11 is 0. The third-order valence-electron chi connectivity index (χ3n) is 3.83. The standard InChI is InChI=1S/C16H20N4O2/c1-2-14-13(16(21)18-10-12-6-5-9-22-12)11-19-20(14)15-7-3-4-8-17-15/h3-4,7-8,11-12H,2,5-6,9-10H2,1H3,(H,18,21). The van der Waals surface area contributed by atoms with E-state index in [1.807, 2.05) is 25.1 Å². The molecule has 6 heteroatoms. The van der Waals surface area contributed by atoms with E-state index in [1.165, 1.54) is 0 Å². The summed E-state index contributed by atoms with van der Waals surface area (Å²) < 4.78 is 7.25. The summed E-state index contributed by atoms with van der Waals surface area (Å²) in [4.78, 5) is 16.7. The van der Waals surface area contributed by atoms with Crippen LogP contribution in [0.1, 0.15) is 35.8 Å². The molecule has 1 fully saturated rings. The molecule has 116 valence electrons. The third kappa shape index (κ3) is 3.01. The van der Waals surface area contributed by atoms with Crippen molar-refractivity contribution in [1.82, 2.24) is 20.1 Å². The summed E-state index contributed by atoms with van der Waals surface area (Å²) in [6.45, 7) is 3.35. The predicted octanol–water partition coefficient (Wildman–Crippen LogP) is 1.74. The van der Waals surface area contributed by atoms with Crippen LogP contribution in [0.15, 0.2) is 30.6 Å². The number of nitrogens with one attached hydrogen (secondary N) is 1. The molecule has 3 heterocycles. The quantitative estimate of drug-likeness (QED) is 0.913. The van der Waals surface area contributed by atoms with E-state index in [0.717, 1.165) is 31.0 Å². The fourth-order valence-electron chi connectivity index (χ4n) is 2.69. The number of carbonyl (C=O) groups is 1. The van der Waals surface area contributed by atoms with Gasteiger partial charge in [0.15, 0.2) is 5.82 Å². The maximum Gasteiger partial charge on any atom is 0.254 e. The number of nitrogens with zero attached hydrogens (tertiary/aromatic N) is 3. The molecule has 1 unspecified atom stereocenters. The van der Waals surface area contributed by atoms with Gasteiger partial charge in [0.2, 0.25) is 0 Å². The Balaban J connectivity index is 1.76. The summed E-state index contributed by atoms with van der Waals surface area (Å²) in [5.41, 5.74) is 1.47. The van der Waals surface area contributed by atoms with Crippen molar-refractivity contribution in [3.05, 3.63) is 41.9 Å². The second-order valence-electron chi connectivity index (χ2n) is 5.30.